The van der Waals surface area contributed by atoms with Crippen LogP contribution in [0.25, 0.3) is 17.1 Å². The van der Waals surface area contributed by atoms with Crippen molar-refractivity contribution >= 4 is 66.8 Å². The molecule has 1 amide bonds. The standard InChI is InChI=1S/C23H17Br2ClN4OS/c1-14-10-18(24)21(19(25)11-14)27-20(31)13-32-23-29-28-22(15-6-5-7-16(26)12-15)30(23)17-8-3-2-4-9-17/h2-12H,13H2,1H3,(H,27,31). The van der Waals surface area contributed by atoms with Crippen LogP contribution in [0.5, 0.6) is 0 Å². The Balaban J connectivity index is 1.60. The van der Waals surface area contributed by atoms with Crippen molar-refractivity contribution < 1.29 is 4.79 Å². The lowest BCUT2D eigenvalue weighted by Crippen LogP contribution is -2.15. The molecule has 4 aromatic rings. The van der Waals surface area contributed by atoms with E-state index < -0.39 is 0 Å². The Bertz CT molecular complexity index is 1260. The molecule has 0 unspecified atom stereocenters. The van der Waals surface area contributed by atoms with Crippen molar-refractivity contribution in [2.24, 2.45) is 0 Å². The number of aryl methyl sites for hydroxylation is 1. The number of carbonyl (C=O) groups excluding carboxylic acids is 1. The molecule has 0 radical (unpaired) electrons. The topological polar surface area (TPSA) is 59.8 Å². The largest absolute Gasteiger partial charge is 0.323 e. The fraction of sp³-hybridized carbons (Fsp3) is 0.0870. The van der Waals surface area contributed by atoms with E-state index in [-0.39, 0.29) is 11.7 Å². The summed E-state index contributed by atoms with van der Waals surface area (Å²) >= 11 is 14.5. The highest BCUT2D eigenvalue weighted by atomic mass is 79.9. The zero-order valence-corrected chi connectivity index (χ0v) is 21.6. The van der Waals surface area contributed by atoms with Crippen LogP contribution in [0, 0.1) is 6.92 Å². The van der Waals surface area contributed by atoms with Crippen LogP contribution in [-0.4, -0.2) is 26.4 Å². The SMILES string of the molecule is Cc1cc(Br)c(NC(=O)CSc2nnc(-c3cccc(Cl)c3)n2-c2ccccc2)c(Br)c1. The second-order valence-corrected chi connectivity index (χ2v) is 10.0. The van der Waals surface area contributed by atoms with Gasteiger partial charge in [0.25, 0.3) is 0 Å². The average Bonchev–Trinajstić information content (AvgIpc) is 3.19. The van der Waals surface area contributed by atoms with E-state index in [0.717, 1.165) is 25.8 Å². The van der Waals surface area contributed by atoms with Gasteiger partial charge in [-0.1, -0.05) is 53.7 Å². The summed E-state index contributed by atoms with van der Waals surface area (Å²) in [7, 11) is 0. The minimum absolute atomic E-state index is 0.146. The van der Waals surface area contributed by atoms with Crippen molar-refractivity contribution in [1.82, 2.24) is 14.8 Å². The molecule has 1 heterocycles. The minimum atomic E-state index is -0.146. The van der Waals surface area contributed by atoms with Crippen molar-refractivity contribution in [3.8, 4) is 17.1 Å². The van der Waals surface area contributed by atoms with Crippen molar-refractivity contribution in [2.45, 2.75) is 12.1 Å². The molecular formula is C23H17Br2ClN4OS. The second-order valence-electron chi connectivity index (χ2n) is 6.93. The number of carbonyl (C=O) groups is 1. The molecule has 162 valence electrons. The highest BCUT2D eigenvalue weighted by Crippen LogP contribution is 2.33. The molecule has 0 saturated heterocycles. The lowest BCUT2D eigenvalue weighted by molar-refractivity contribution is -0.113. The van der Waals surface area contributed by atoms with Crippen LogP contribution in [0.3, 0.4) is 0 Å². The van der Waals surface area contributed by atoms with Crippen LogP contribution < -0.4 is 5.32 Å². The van der Waals surface area contributed by atoms with Gasteiger partial charge in [-0.05, 0) is 80.7 Å². The molecule has 0 atom stereocenters. The summed E-state index contributed by atoms with van der Waals surface area (Å²) in [5, 5.41) is 12.9. The molecule has 0 aliphatic carbocycles. The average molecular weight is 593 g/mol. The summed E-state index contributed by atoms with van der Waals surface area (Å²) in [5.41, 5.74) is 3.53. The summed E-state index contributed by atoms with van der Waals surface area (Å²) in [5.74, 6) is 0.686. The van der Waals surface area contributed by atoms with E-state index in [0.29, 0.717) is 21.7 Å². The molecule has 0 saturated carbocycles. The Morgan fingerprint density at radius 3 is 2.44 bits per heavy atom. The van der Waals surface area contributed by atoms with E-state index in [2.05, 4.69) is 47.4 Å². The fourth-order valence-corrected chi connectivity index (χ4v) is 5.67. The Labute approximate surface area is 211 Å². The number of para-hydroxylation sites is 1. The summed E-state index contributed by atoms with van der Waals surface area (Å²) in [6.07, 6.45) is 0. The molecule has 0 fully saturated rings. The number of hydrogen-bond donors (Lipinski definition) is 1. The molecule has 0 aliphatic rings. The number of thioether (sulfide) groups is 1. The number of amides is 1. The molecule has 1 N–H and O–H groups in total. The van der Waals surface area contributed by atoms with Gasteiger partial charge < -0.3 is 5.32 Å². The lowest BCUT2D eigenvalue weighted by Gasteiger charge is -2.12. The van der Waals surface area contributed by atoms with Gasteiger partial charge in [0.2, 0.25) is 5.91 Å². The van der Waals surface area contributed by atoms with Gasteiger partial charge in [0, 0.05) is 25.2 Å². The van der Waals surface area contributed by atoms with Crippen molar-refractivity contribution in [2.75, 3.05) is 11.1 Å². The highest BCUT2D eigenvalue weighted by Gasteiger charge is 2.18. The number of nitrogens with one attached hydrogen (secondary N) is 1. The molecule has 3 aromatic carbocycles. The van der Waals surface area contributed by atoms with Gasteiger partial charge in [0.1, 0.15) is 0 Å². The molecule has 0 spiro atoms. The van der Waals surface area contributed by atoms with Gasteiger partial charge in [-0.15, -0.1) is 10.2 Å². The van der Waals surface area contributed by atoms with Crippen LogP contribution in [0.2, 0.25) is 5.02 Å². The van der Waals surface area contributed by atoms with E-state index in [9.17, 15) is 4.79 Å². The molecule has 0 bridgehead atoms. The smallest absolute Gasteiger partial charge is 0.234 e. The molecular weight excluding hydrogens is 576 g/mol. The van der Waals surface area contributed by atoms with E-state index in [1.165, 1.54) is 11.8 Å². The summed E-state index contributed by atoms with van der Waals surface area (Å²) in [6.45, 7) is 1.99. The molecule has 5 nitrogen and oxygen atoms in total. The van der Waals surface area contributed by atoms with Gasteiger partial charge in [-0.3, -0.25) is 9.36 Å². The Morgan fingerprint density at radius 1 is 1.03 bits per heavy atom. The molecule has 0 aliphatic heterocycles. The first-order chi connectivity index (χ1) is 15.4. The molecule has 4 rings (SSSR count). The van der Waals surface area contributed by atoms with Crippen molar-refractivity contribution in [1.29, 1.82) is 0 Å². The summed E-state index contributed by atoms with van der Waals surface area (Å²) in [6, 6.07) is 21.2. The van der Waals surface area contributed by atoms with E-state index in [1.54, 1.807) is 0 Å². The molecule has 9 heteroatoms. The Hall–Kier alpha value is -2.13. The monoisotopic (exact) mass is 590 g/mol. The van der Waals surface area contributed by atoms with Gasteiger partial charge >= 0.3 is 0 Å². The van der Waals surface area contributed by atoms with E-state index in [4.69, 9.17) is 11.6 Å². The third-order valence-corrected chi connectivity index (χ3v) is 6.93. The summed E-state index contributed by atoms with van der Waals surface area (Å²) < 4.78 is 3.57. The van der Waals surface area contributed by atoms with Gasteiger partial charge in [0.15, 0.2) is 11.0 Å². The third-order valence-electron chi connectivity index (χ3n) is 4.51. The molecule has 32 heavy (non-hydrogen) atoms. The van der Waals surface area contributed by atoms with Gasteiger partial charge in [0.05, 0.1) is 11.4 Å². The number of aromatic nitrogens is 3. The normalized spacial score (nSPS) is 10.9. The van der Waals surface area contributed by atoms with Crippen LogP contribution in [-0.2, 0) is 4.79 Å². The maximum absolute atomic E-state index is 12.7. The number of anilines is 1. The first-order valence-corrected chi connectivity index (χ1v) is 12.5. The molecule has 1 aromatic heterocycles. The fourth-order valence-electron chi connectivity index (χ4n) is 3.11. The Kier molecular flexibility index (Phi) is 7.35. The van der Waals surface area contributed by atoms with Crippen LogP contribution in [0.4, 0.5) is 5.69 Å². The van der Waals surface area contributed by atoms with Gasteiger partial charge in [-0.2, -0.15) is 0 Å². The highest BCUT2D eigenvalue weighted by molar-refractivity contribution is 9.11. The maximum Gasteiger partial charge on any atom is 0.234 e. The van der Waals surface area contributed by atoms with E-state index >= 15 is 0 Å². The predicted octanol–water partition coefficient (Wildman–Crippen LogP) is 7.15. The zero-order valence-electron chi connectivity index (χ0n) is 16.8. The number of benzene rings is 3. The first kappa shape index (κ1) is 23.0. The van der Waals surface area contributed by atoms with Crippen molar-refractivity contribution in [3.05, 3.63) is 86.3 Å². The predicted molar refractivity (Wildman–Crippen MR) is 138 cm³/mol. The Morgan fingerprint density at radius 2 is 1.75 bits per heavy atom. The second kappa shape index (κ2) is 10.2. The number of halogens is 3. The first-order valence-electron chi connectivity index (χ1n) is 9.57. The maximum atomic E-state index is 12.7. The lowest BCUT2D eigenvalue weighted by atomic mass is 10.2. The van der Waals surface area contributed by atoms with Crippen LogP contribution in [0.1, 0.15) is 5.56 Å². The third kappa shape index (κ3) is 5.26. The summed E-state index contributed by atoms with van der Waals surface area (Å²) in [4.78, 5) is 12.7. The minimum Gasteiger partial charge on any atom is -0.323 e. The number of rotatable bonds is 6. The van der Waals surface area contributed by atoms with Crippen molar-refractivity contribution in [3.63, 3.8) is 0 Å². The number of nitrogens with zero attached hydrogens (tertiary/aromatic N) is 3. The van der Waals surface area contributed by atoms with Crippen LogP contribution in [0.15, 0.2) is 80.8 Å². The quantitative estimate of drug-likeness (QED) is 0.242. The van der Waals surface area contributed by atoms with Gasteiger partial charge in [-0.25, -0.2) is 0 Å². The zero-order chi connectivity index (χ0) is 22.7. The number of hydrogen-bond acceptors (Lipinski definition) is 4. The van der Waals surface area contributed by atoms with E-state index in [1.807, 2.05) is 78.2 Å². The van der Waals surface area contributed by atoms with Crippen LogP contribution >= 0.6 is 55.2 Å².